The van der Waals surface area contributed by atoms with Crippen LogP contribution in [-0.2, 0) is 6.54 Å². The number of nitrogens with two attached hydrogens (primary N) is 1. The van der Waals surface area contributed by atoms with Gasteiger partial charge in [0.25, 0.3) is 0 Å². The van der Waals surface area contributed by atoms with Crippen molar-refractivity contribution in [1.29, 1.82) is 0 Å². The summed E-state index contributed by atoms with van der Waals surface area (Å²) < 4.78 is 0. The Hall–Kier alpha value is -0.280. The normalized spacial score (nSPS) is 21.7. The van der Waals surface area contributed by atoms with Gasteiger partial charge in [-0.2, -0.15) is 0 Å². The average molecular weight is 273 g/mol. The van der Waals surface area contributed by atoms with Crippen LogP contribution in [0, 0.1) is 5.92 Å². The van der Waals surface area contributed by atoms with Crippen LogP contribution in [-0.4, -0.2) is 24.5 Å². The Kier molecular flexibility index (Phi) is 4.69. The molecule has 0 radical (unpaired) electrons. The molecule has 1 aromatic rings. The van der Waals surface area contributed by atoms with Crippen LogP contribution in [0.3, 0.4) is 0 Å². The first kappa shape index (κ1) is 13.2. The number of piperidine rings is 1. The Bertz CT molecular complexity index is 382. The second-order valence-electron chi connectivity index (χ2n) is 4.73. The van der Waals surface area contributed by atoms with Crippen LogP contribution in [0.5, 0.6) is 0 Å². The van der Waals surface area contributed by atoms with Crippen molar-refractivity contribution in [3.63, 3.8) is 0 Å². The van der Waals surface area contributed by atoms with Gasteiger partial charge in [0, 0.05) is 13.1 Å². The molecule has 2 rings (SSSR count). The lowest BCUT2D eigenvalue weighted by Gasteiger charge is -2.32. The highest BCUT2D eigenvalue weighted by atomic mass is 35.5. The van der Waals surface area contributed by atoms with E-state index >= 15 is 0 Å². The molecule has 0 unspecified atom stereocenters. The van der Waals surface area contributed by atoms with Gasteiger partial charge >= 0.3 is 0 Å². The highest BCUT2D eigenvalue weighted by Gasteiger charge is 2.18. The van der Waals surface area contributed by atoms with Crippen LogP contribution >= 0.6 is 23.2 Å². The molecule has 0 aromatic heterocycles. The summed E-state index contributed by atoms with van der Waals surface area (Å²) in [4.78, 5) is 2.45. The van der Waals surface area contributed by atoms with Gasteiger partial charge in [-0.25, -0.2) is 0 Å². The molecule has 0 aliphatic carbocycles. The lowest BCUT2D eigenvalue weighted by atomic mass is 9.98. The minimum absolute atomic E-state index is 0.619. The van der Waals surface area contributed by atoms with Crippen molar-refractivity contribution in [1.82, 2.24) is 4.90 Å². The quantitative estimate of drug-likeness (QED) is 0.916. The first-order chi connectivity index (χ1) is 8.19. The summed E-state index contributed by atoms with van der Waals surface area (Å²) in [7, 11) is 0. The van der Waals surface area contributed by atoms with Crippen molar-refractivity contribution in [3.8, 4) is 0 Å². The van der Waals surface area contributed by atoms with E-state index in [2.05, 4.69) is 4.90 Å². The summed E-state index contributed by atoms with van der Waals surface area (Å²) in [6.45, 7) is 3.97. The lowest BCUT2D eigenvalue weighted by molar-refractivity contribution is 0.171. The molecule has 0 amide bonds. The van der Waals surface area contributed by atoms with Crippen molar-refractivity contribution in [2.75, 3.05) is 19.6 Å². The van der Waals surface area contributed by atoms with Gasteiger partial charge in [-0.15, -0.1) is 0 Å². The van der Waals surface area contributed by atoms with E-state index in [-0.39, 0.29) is 0 Å². The Morgan fingerprint density at radius 2 is 2.12 bits per heavy atom. The van der Waals surface area contributed by atoms with Gasteiger partial charge in [0.15, 0.2) is 0 Å². The largest absolute Gasteiger partial charge is 0.330 e. The Morgan fingerprint density at radius 3 is 2.82 bits per heavy atom. The van der Waals surface area contributed by atoms with Crippen molar-refractivity contribution in [3.05, 3.63) is 33.8 Å². The van der Waals surface area contributed by atoms with Crippen LogP contribution in [0.4, 0.5) is 0 Å². The predicted molar refractivity (Wildman–Crippen MR) is 73.5 cm³/mol. The van der Waals surface area contributed by atoms with Crippen LogP contribution in [0.25, 0.3) is 0 Å². The van der Waals surface area contributed by atoms with Crippen molar-refractivity contribution < 1.29 is 0 Å². The Labute approximate surface area is 113 Å². The summed E-state index contributed by atoms with van der Waals surface area (Å²) in [5.41, 5.74) is 6.96. The summed E-state index contributed by atoms with van der Waals surface area (Å²) in [5, 5.41) is 1.26. The molecule has 2 nitrogen and oxygen atoms in total. The summed E-state index contributed by atoms with van der Waals surface area (Å²) in [6.07, 6.45) is 2.50. The molecule has 4 heteroatoms. The van der Waals surface area contributed by atoms with Gasteiger partial charge in [-0.3, -0.25) is 4.90 Å². The van der Waals surface area contributed by atoms with E-state index < -0.39 is 0 Å². The number of rotatable bonds is 3. The van der Waals surface area contributed by atoms with E-state index in [1.807, 2.05) is 18.2 Å². The van der Waals surface area contributed by atoms with E-state index in [0.29, 0.717) is 16.0 Å². The van der Waals surface area contributed by atoms with Gasteiger partial charge in [0.1, 0.15) is 0 Å². The predicted octanol–water partition coefficient (Wildman–Crippen LogP) is 3.16. The average Bonchev–Trinajstić information content (AvgIpc) is 2.34. The zero-order valence-corrected chi connectivity index (χ0v) is 11.3. The third-order valence-corrected chi connectivity index (χ3v) is 4.07. The Morgan fingerprint density at radius 1 is 1.29 bits per heavy atom. The smallest absolute Gasteiger partial charge is 0.0595 e. The molecule has 1 atom stereocenters. The van der Waals surface area contributed by atoms with Gasteiger partial charge in [-0.05, 0) is 49.5 Å². The fourth-order valence-electron chi connectivity index (χ4n) is 2.38. The third-order valence-electron chi connectivity index (χ3n) is 3.33. The molecule has 1 aliphatic rings. The van der Waals surface area contributed by atoms with Gasteiger partial charge in [0.05, 0.1) is 10.0 Å². The fourth-order valence-corrected chi connectivity index (χ4v) is 2.70. The van der Waals surface area contributed by atoms with Crippen LogP contribution < -0.4 is 5.73 Å². The maximum absolute atomic E-state index is 6.02. The molecule has 1 fully saturated rings. The number of nitrogens with zero attached hydrogens (tertiary/aromatic N) is 1. The number of benzene rings is 1. The zero-order valence-electron chi connectivity index (χ0n) is 9.83. The van der Waals surface area contributed by atoms with Crippen molar-refractivity contribution in [2.24, 2.45) is 11.7 Å². The standard InChI is InChI=1S/C13H18Cl2N2/c14-12-4-3-10(6-13(12)15)8-17-5-1-2-11(7-16)9-17/h3-4,6,11H,1-2,5,7-9,16H2/t11-/m1/s1. The molecule has 2 N–H and O–H groups in total. The van der Waals surface area contributed by atoms with E-state index in [4.69, 9.17) is 28.9 Å². The van der Waals surface area contributed by atoms with Crippen LogP contribution in [0.2, 0.25) is 10.0 Å². The van der Waals surface area contributed by atoms with Gasteiger partial charge in [-0.1, -0.05) is 29.3 Å². The molecule has 1 heterocycles. The van der Waals surface area contributed by atoms with Gasteiger partial charge in [0.2, 0.25) is 0 Å². The first-order valence-corrected chi connectivity index (χ1v) is 6.81. The second kappa shape index (κ2) is 6.05. The zero-order chi connectivity index (χ0) is 12.3. The van der Waals surface area contributed by atoms with Gasteiger partial charge < -0.3 is 5.73 Å². The number of likely N-dealkylation sites (tertiary alicyclic amines) is 1. The highest BCUT2D eigenvalue weighted by Crippen LogP contribution is 2.24. The van der Waals surface area contributed by atoms with Crippen LogP contribution in [0.15, 0.2) is 18.2 Å². The molecular formula is C13H18Cl2N2. The van der Waals surface area contributed by atoms with Crippen LogP contribution in [0.1, 0.15) is 18.4 Å². The summed E-state index contributed by atoms with van der Waals surface area (Å²) >= 11 is 11.9. The third kappa shape index (κ3) is 3.59. The van der Waals surface area contributed by atoms with E-state index in [0.717, 1.165) is 26.2 Å². The second-order valence-corrected chi connectivity index (χ2v) is 5.54. The number of hydrogen-bond acceptors (Lipinski definition) is 2. The molecule has 94 valence electrons. The van der Waals surface area contributed by atoms with Crippen molar-refractivity contribution in [2.45, 2.75) is 19.4 Å². The molecule has 1 aromatic carbocycles. The molecule has 0 spiro atoms. The monoisotopic (exact) mass is 272 g/mol. The van der Waals surface area contributed by atoms with Crippen molar-refractivity contribution >= 4 is 23.2 Å². The van der Waals surface area contributed by atoms with E-state index in [1.165, 1.54) is 18.4 Å². The number of hydrogen-bond donors (Lipinski definition) is 1. The Balaban J connectivity index is 1.97. The maximum Gasteiger partial charge on any atom is 0.0595 e. The SMILES string of the molecule is NC[C@H]1CCCN(Cc2ccc(Cl)c(Cl)c2)C1. The molecule has 0 bridgehead atoms. The topological polar surface area (TPSA) is 29.3 Å². The first-order valence-electron chi connectivity index (χ1n) is 6.05. The minimum atomic E-state index is 0.619. The minimum Gasteiger partial charge on any atom is -0.330 e. The molecule has 17 heavy (non-hydrogen) atoms. The highest BCUT2D eigenvalue weighted by molar-refractivity contribution is 6.42. The van der Waals surface area contributed by atoms with E-state index in [1.54, 1.807) is 0 Å². The molecule has 1 aliphatic heterocycles. The molecule has 1 saturated heterocycles. The summed E-state index contributed by atoms with van der Waals surface area (Å²) in [6, 6.07) is 5.86. The number of halogens is 2. The van der Waals surface area contributed by atoms with E-state index in [9.17, 15) is 0 Å². The lowest BCUT2D eigenvalue weighted by Crippen LogP contribution is -2.37. The summed E-state index contributed by atoms with van der Waals surface area (Å²) in [5.74, 6) is 0.645. The molecular weight excluding hydrogens is 255 g/mol. The maximum atomic E-state index is 6.02. The fraction of sp³-hybridized carbons (Fsp3) is 0.538. The molecule has 0 saturated carbocycles.